The summed E-state index contributed by atoms with van der Waals surface area (Å²) >= 11 is 0. The molecule has 0 fully saturated rings. The second kappa shape index (κ2) is 8.99. The molecule has 1 heterocycles. The van der Waals surface area contributed by atoms with Crippen molar-refractivity contribution in [2.45, 2.75) is 20.4 Å². The lowest BCUT2D eigenvalue weighted by Crippen LogP contribution is -2.30. The molecule has 0 spiro atoms. The fourth-order valence-electron chi connectivity index (χ4n) is 3.09. The lowest BCUT2D eigenvalue weighted by Gasteiger charge is -2.26. The van der Waals surface area contributed by atoms with Gasteiger partial charge in [0.1, 0.15) is 0 Å². The third-order valence-corrected chi connectivity index (χ3v) is 4.58. The summed E-state index contributed by atoms with van der Waals surface area (Å²) in [6.07, 6.45) is 3.46. The van der Waals surface area contributed by atoms with Gasteiger partial charge in [-0.2, -0.15) is 0 Å². The van der Waals surface area contributed by atoms with Crippen LogP contribution >= 0.6 is 0 Å². The normalized spacial score (nSPS) is 10.4. The molecular weight excluding hydrogens is 334 g/mol. The lowest BCUT2D eigenvalue weighted by atomic mass is 10.1. The Balaban J connectivity index is 1.97. The maximum Gasteiger partial charge on any atom is 0.255 e. The molecule has 138 valence electrons. The van der Waals surface area contributed by atoms with Crippen LogP contribution in [0.15, 0.2) is 79.1 Å². The van der Waals surface area contributed by atoms with Crippen LogP contribution in [0.25, 0.3) is 0 Å². The topological polar surface area (TPSA) is 36.4 Å². The summed E-state index contributed by atoms with van der Waals surface area (Å²) in [4.78, 5) is 21.1. The largest absolute Gasteiger partial charge is 0.339 e. The molecule has 0 radical (unpaired) electrons. The minimum atomic E-state index is 0.0158. The van der Waals surface area contributed by atoms with Crippen LogP contribution in [0, 0.1) is 0 Å². The molecule has 2 aromatic carbocycles. The van der Waals surface area contributed by atoms with E-state index in [4.69, 9.17) is 0 Å². The van der Waals surface area contributed by atoms with E-state index in [-0.39, 0.29) is 5.91 Å². The van der Waals surface area contributed by atoms with Crippen molar-refractivity contribution in [2.24, 2.45) is 0 Å². The van der Waals surface area contributed by atoms with Crippen LogP contribution in [-0.4, -0.2) is 28.9 Å². The molecule has 0 saturated heterocycles. The molecule has 0 aliphatic heterocycles. The van der Waals surface area contributed by atoms with E-state index in [2.05, 4.69) is 34.1 Å². The van der Waals surface area contributed by atoms with Gasteiger partial charge in [0.05, 0.1) is 17.4 Å². The van der Waals surface area contributed by atoms with Gasteiger partial charge in [0, 0.05) is 31.5 Å². The highest BCUT2D eigenvalue weighted by Crippen LogP contribution is 2.27. The SMILES string of the molecule is CCN(CC)C(=O)c1cncc(N(Cc2ccccc2)c2ccccc2)c1. The van der Waals surface area contributed by atoms with Crippen LogP contribution in [-0.2, 0) is 6.54 Å². The molecule has 3 aromatic rings. The number of amides is 1. The zero-order valence-corrected chi connectivity index (χ0v) is 15.9. The van der Waals surface area contributed by atoms with Gasteiger partial charge < -0.3 is 9.80 Å². The quantitative estimate of drug-likeness (QED) is 0.602. The van der Waals surface area contributed by atoms with Crippen LogP contribution in [0.3, 0.4) is 0 Å². The minimum Gasteiger partial charge on any atom is -0.339 e. The number of hydrogen-bond donors (Lipinski definition) is 0. The van der Waals surface area contributed by atoms with Crippen molar-refractivity contribution in [1.82, 2.24) is 9.88 Å². The standard InChI is InChI=1S/C23H25N3O/c1-3-25(4-2)23(27)20-15-22(17-24-16-20)26(21-13-9-6-10-14-21)18-19-11-7-5-8-12-19/h5-17H,3-4,18H2,1-2H3. The first kappa shape index (κ1) is 18.6. The maximum atomic E-state index is 12.7. The van der Waals surface area contributed by atoms with Gasteiger partial charge in [-0.1, -0.05) is 48.5 Å². The van der Waals surface area contributed by atoms with Crippen LogP contribution in [0.2, 0.25) is 0 Å². The van der Waals surface area contributed by atoms with Crippen molar-refractivity contribution in [3.8, 4) is 0 Å². The van der Waals surface area contributed by atoms with Gasteiger partial charge in [-0.25, -0.2) is 0 Å². The van der Waals surface area contributed by atoms with Crippen molar-refractivity contribution >= 4 is 17.3 Å². The smallest absolute Gasteiger partial charge is 0.255 e. The first-order chi connectivity index (χ1) is 13.2. The third kappa shape index (κ3) is 4.53. The van der Waals surface area contributed by atoms with Crippen molar-refractivity contribution in [3.63, 3.8) is 0 Å². The molecule has 0 atom stereocenters. The molecule has 4 heteroatoms. The molecule has 0 aliphatic rings. The molecule has 0 unspecified atom stereocenters. The highest BCUT2D eigenvalue weighted by atomic mass is 16.2. The number of carbonyl (C=O) groups is 1. The minimum absolute atomic E-state index is 0.0158. The summed E-state index contributed by atoms with van der Waals surface area (Å²) in [7, 11) is 0. The third-order valence-electron chi connectivity index (χ3n) is 4.58. The lowest BCUT2D eigenvalue weighted by molar-refractivity contribution is 0.0772. The first-order valence-corrected chi connectivity index (χ1v) is 9.33. The number of nitrogens with zero attached hydrogens (tertiary/aromatic N) is 3. The molecule has 0 bridgehead atoms. The number of benzene rings is 2. The Bertz CT molecular complexity index is 861. The molecule has 1 amide bonds. The molecule has 1 aromatic heterocycles. The van der Waals surface area contributed by atoms with Gasteiger partial charge >= 0.3 is 0 Å². The Morgan fingerprint density at radius 2 is 1.48 bits per heavy atom. The summed E-state index contributed by atoms with van der Waals surface area (Å²) < 4.78 is 0. The van der Waals surface area contributed by atoms with E-state index in [0.29, 0.717) is 25.2 Å². The van der Waals surface area contributed by atoms with Gasteiger partial charge in [-0.3, -0.25) is 9.78 Å². The van der Waals surface area contributed by atoms with Crippen molar-refractivity contribution in [1.29, 1.82) is 0 Å². The number of aromatic nitrogens is 1. The van der Waals surface area contributed by atoms with E-state index in [1.807, 2.05) is 67.4 Å². The van der Waals surface area contributed by atoms with Gasteiger partial charge in [0.25, 0.3) is 5.91 Å². The molecule has 27 heavy (non-hydrogen) atoms. The maximum absolute atomic E-state index is 12.7. The van der Waals surface area contributed by atoms with E-state index >= 15 is 0 Å². The monoisotopic (exact) mass is 359 g/mol. The molecule has 0 N–H and O–H groups in total. The summed E-state index contributed by atoms with van der Waals surface area (Å²) in [5.74, 6) is 0.0158. The number of carbonyl (C=O) groups excluding carboxylic acids is 1. The molecular formula is C23H25N3O. The fraction of sp³-hybridized carbons (Fsp3) is 0.217. The Kier molecular flexibility index (Phi) is 6.21. The van der Waals surface area contributed by atoms with Crippen LogP contribution in [0.4, 0.5) is 11.4 Å². The summed E-state index contributed by atoms with van der Waals surface area (Å²) in [6, 6.07) is 22.4. The van der Waals surface area contributed by atoms with Crippen molar-refractivity contribution in [3.05, 3.63) is 90.3 Å². The molecule has 0 saturated carbocycles. The Hall–Kier alpha value is -3.14. The summed E-state index contributed by atoms with van der Waals surface area (Å²) in [6.45, 7) is 6.06. The van der Waals surface area contributed by atoms with Gasteiger partial charge in [0.2, 0.25) is 0 Å². The predicted octanol–water partition coefficient (Wildman–Crippen LogP) is 4.90. The number of hydrogen-bond acceptors (Lipinski definition) is 3. The second-order valence-electron chi connectivity index (χ2n) is 6.32. The van der Waals surface area contributed by atoms with Gasteiger partial charge in [0.15, 0.2) is 0 Å². The zero-order chi connectivity index (χ0) is 19.1. The number of para-hydroxylation sites is 1. The number of pyridine rings is 1. The van der Waals surface area contributed by atoms with Crippen molar-refractivity contribution < 1.29 is 4.79 Å². The van der Waals surface area contributed by atoms with E-state index in [9.17, 15) is 4.79 Å². The molecule has 3 rings (SSSR count). The Labute approximate surface area is 161 Å². The molecule has 0 aliphatic carbocycles. The number of anilines is 2. The molecule has 4 nitrogen and oxygen atoms in total. The zero-order valence-electron chi connectivity index (χ0n) is 15.9. The van der Waals surface area contributed by atoms with Gasteiger partial charge in [-0.15, -0.1) is 0 Å². The summed E-state index contributed by atoms with van der Waals surface area (Å²) in [5, 5.41) is 0. The van der Waals surface area contributed by atoms with E-state index in [1.54, 1.807) is 6.20 Å². The van der Waals surface area contributed by atoms with Crippen LogP contribution in [0.1, 0.15) is 29.8 Å². The highest BCUT2D eigenvalue weighted by molar-refractivity contribution is 5.95. The summed E-state index contributed by atoms with van der Waals surface area (Å²) in [5.41, 5.74) is 3.78. The van der Waals surface area contributed by atoms with E-state index in [1.165, 1.54) is 5.56 Å². The van der Waals surface area contributed by atoms with Crippen molar-refractivity contribution in [2.75, 3.05) is 18.0 Å². The average Bonchev–Trinajstić information content (AvgIpc) is 2.74. The van der Waals surface area contributed by atoms with Crippen LogP contribution in [0.5, 0.6) is 0 Å². The second-order valence-corrected chi connectivity index (χ2v) is 6.32. The van der Waals surface area contributed by atoms with E-state index in [0.717, 1.165) is 11.4 Å². The fourth-order valence-corrected chi connectivity index (χ4v) is 3.09. The predicted molar refractivity (Wildman–Crippen MR) is 110 cm³/mol. The van der Waals surface area contributed by atoms with Gasteiger partial charge in [-0.05, 0) is 37.6 Å². The Morgan fingerprint density at radius 1 is 0.852 bits per heavy atom. The van der Waals surface area contributed by atoms with Crippen LogP contribution < -0.4 is 4.90 Å². The number of rotatable bonds is 7. The van der Waals surface area contributed by atoms with E-state index < -0.39 is 0 Å². The highest BCUT2D eigenvalue weighted by Gasteiger charge is 2.16. The average molecular weight is 359 g/mol. The Morgan fingerprint density at radius 3 is 2.11 bits per heavy atom. The first-order valence-electron chi connectivity index (χ1n) is 9.33.